The van der Waals surface area contributed by atoms with Crippen molar-refractivity contribution < 1.29 is 14.3 Å². The van der Waals surface area contributed by atoms with Crippen molar-refractivity contribution in [1.29, 1.82) is 0 Å². The molecule has 2 N–H and O–H groups in total. The lowest BCUT2D eigenvalue weighted by atomic mass is 10.2. The summed E-state index contributed by atoms with van der Waals surface area (Å²) in [7, 11) is 1.55. The Kier molecular flexibility index (Phi) is 5.88. The number of likely N-dealkylation sites (tertiary alicyclic amines) is 1. The van der Waals surface area contributed by atoms with Crippen LogP contribution >= 0.6 is 0 Å². The van der Waals surface area contributed by atoms with Gasteiger partial charge in [0.2, 0.25) is 5.91 Å². The maximum absolute atomic E-state index is 11.9. The largest absolute Gasteiger partial charge is 0.383 e. The van der Waals surface area contributed by atoms with Gasteiger partial charge >= 0.3 is 0 Å². The van der Waals surface area contributed by atoms with E-state index in [0.29, 0.717) is 12.5 Å². The first-order valence-corrected chi connectivity index (χ1v) is 6.19. The topological polar surface area (TPSA) is 64.8 Å². The van der Waals surface area contributed by atoms with Crippen LogP contribution in [0, 0.1) is 5.92 Å². The Morgan fingerprint density at radius 2 is 2.18 bits per heavy atom. The molecule has 0 radical (unpaired) electrons. The van der Waals surface area contributed by atoms with Crippen LogP contribution < -0.4 is 5.73 Å². The molecular formula is C12H24N2O3. The van der Waals surface area contributed by atoms with Gasteiger partial charge in [0, 0.05) is 26.8 Å². The zero-order valence-electron chi connectivity index (χ0n) is 11.0. The second kappa shape index (κ2) is 6.93. The summed E-state index contributed by atoms with van der Waals surface area (Å²) in [6.07, 6.45) is 1.06. The van der Waals surface area contributed by atoms with E-state index in [1.54, 1.807) is 12.0 Å². The van der Waals surface area contributed by atoms with Crippen molar-refractivity contribution in [1.82, 2.24) is 4.90 Å². The lowest BCUT2D eigenvalue weighted by molar-refractivity contribution is -0.133. The van der Waals surface area contributed by atoms with Gasteiger partial charge in [0.05, 0.1) is 12.7 Å². The van der Waals surface area contributed by atoms with Crippen LogP contribution in [0.25, 0.3) is 0 Å². The van der Waals surface area contributed by atoms with Gasteiger partial charge in [-0.1, -0.05) is 13.8 Å². The van der Waals surface area contributed by atoms with E-state index in [1.165, 1.54) is 0 Å². The highest BCUT2D eigenvalue weighted by molar-refractivity contribution is 5.82. The first kappa shape index (κ1) is 14.4. The SMILES string of the molecule is COCC(N)C(=O)N1CCC(OCC(C)C)C1. The minimum atomic E-state index is -0.552. The quantitative estimate of drug-likeness (QED) is 0.726. The summed E-state index contributed by atoms with van der Waals surface area (Å²) in [5.41, 5.74) is 5.72. The molecule has 2 atom stereocenters. The molecule has 1 aliphatic heterocycles. The second-order valence-corrected chi connectivity index (χ2v) is 4.98. The highest BCUT2D eigenvalue weighted by Gasteiger charge is 2.29. The van der Waals surface area contributed by atoms with Gasteiger partial charge in [0.1, 0.15) is 6.04 Å². The van der Waals surface area contributed by atoms with Gasteiger partial charge in [0.15, 0.2) is 0 Å². The number of amides is 1. The predicted octanol–water partition coefficient (Wildman–Crippen LogP) is 0.234. The van der Waals surface area contributed by atoms with Crippen LogP contribution in [0.1, 0.15) is 20.3 Å². The van der Waals surface area contributed by atoms with Crippen LogP contribution in [0.4, 0.5) is 0 Å². The average molecular weight is 244 g/mol. The number of hydrogen-bond acceptors (Lipinski definition) is 4. The predicted molar refractivity (Wildman–Crippen MR) is 65.6 cm³/mol. The number of rotatable bonds is 6. The number of methoxy groups -OCH3 is 1. The van der Waals surface area contributed by atoms with E-state index in [1.807, 2.05) is 0 Å². The third kappa shape index (κ3) is 4.61. The molecule has 100 valence electrons. The minimum Gasteiger partial charge on any atom is -0.383 e. The summed E-state index contributed by atoms with van der Waals surface area (Å²) >= 11 is 0. The number of nitrogens with zero attached hydrogens (tertiary/aromatic N) is 1. The van der Waals surface area contributed by atoms with Gasteiger partial charge in [-0.3, -0.25) is 4.79 Å². The Morgan fingerprint density at radius 3 is 2.76 bits per heavy atom. The van der Waals surface area contributed by atoms with E-state index in [2.05, 4.69) is 13.8 Å². The number of carbonyl (C=O) groups excluding carboxylic acids is 1. The monoisotopic (exact) mass is 244 g/mol. The lowest BCUT2D eigenvalue weighted by Gasteiger charge is -2.20. The Labute approximate surface area is 103 Å². The van der Waals surface area contributed by atoms with Crippen LogP contribution in [0.5, 0.6) is 0 Å². The number of hydrogen-bond donors (Lipinski definition) is 1. The Bertz CT molecular complexity index is 246. The van der Waals surface area contributed by atoms with Gasteiger partial charge < -0.3 is 20.1 Å². The summed E-state index contributed by atoms with van der Waals surface area (Å²) in [6, 6.07) is -0.552. The van der Waals surface area contributed by atoms with E-state index >= 15 is 0 Å². The molecule has 1 amide bonds. The molecule has 5 nitrogen and oxygen atoms in total. The Hall–Kier alpha value is -0.650. The van der Waals surface area contributed by atoms with Crippen LogP contribution in [-0.2, 0) is 14.3 Å². The zero-order valence-corrected chi connectivity index (χ0v) is 11.0. The first-order valence-electron chi connectivity index (χ1n) is 6.19. The van der Waals surface area contributed by atoms with Crippen molar-refractivity contribution in [3.8, 4) is 0 Å². The minimum absolute atomic E-state index is 0.0394. The van der Waals surface area contributed by atoms with E-state index in [0.717, 1.165) is 19.6 Å². The average Bonchev–Trinajstić information content (AvgIpc) is 2.74. The number of carbonyl (C=O) groups is 1. The fraction of sp³-hybridized carbons (Fsp3) is 0.917. The maximum atomic E-state index is 11.9. The molecule has 0 aromatic rings. The fourth-order valence-corrected chi connectivity index (χ4v) is 1.88. The van der Waals surface area contributed by atoms with E-state index in [9.17, 15) is 4.79 Å². The molecule has 0 aliphatic carbocycles. The maximum Gasteiger partial charge on any atom is 0.241 e. The molecule has 0 aromatic heterocycles. The molecule has 1 aliphatic rings. The third-order valence-corrected chi connectivity index (χ3v) is 2.79. The molecular weight excluding hydrogens is 220 g/mol. The Morgan fingerprint density at radius 1 is 1.47 bits per heavy atom. The molecule has 1 fully saturated rings. The van der Waals surface area contributed by atoms with Crippen LogP contribution in [0.2, 0.25) is 0 Å². The van der Waals surface area contributed by atoms with Crippen molar-refractivity contribution in [2.45, 2.75) is 32.4 Å². The normalized spacial score (nSPS) is 22.2. The smallest absolute Gasteiger partial charge is 0.241 e. The van der Waals surface area contributed by atoms with Gasteiger partial charge in [-0.25, -0.2) is 0 Å². The van der Waals surface area contributed by atoms with Crippen molar-refractivity contribution >= 4 is 5.91 Å². The summed E-state index contributed by atoms with van der Waals surface area (Å²) in [6.45, 7) is 6.64. The van der Waals surface area contributed by atoms with E-state index in [-0.39, 0.29) is 18.6 Å². The molecule has 0 spiro atoms. The number of ether oxygens (including phenoxy) is 2. The molecule has 5 heteroatoms. The highest BCUT2D eigenvalue weighted by atomic mass is 16.5. The van der Waals surface area contributed by atoms with Gasteiger partial charge in [-0.15, -0.1) is 0 Å². The highest BCUT2D eigenvalue weighted by Crippen LogP contribution is 2.14. The summed E-state index contributed by atoms with van der Waals surface area (Å²) in [5.74, 6) is 0.484. The van der Waals surface area contributed by atoms with Crippen LogP contribution in [0.15, 0.2) is 0 Å². The van der Waals surface area contributed by atoms with Crippen LogP contribution in [-0.4, -0.2) is 56.4 Å². The molecule has 1 heterocycles. The third-order valence-electron chi connectivity index (χ3n) is 2.79. The Balaban J connectivity index is 2.31. The summed E-state index contributed by atoms with van der Waals surface area (Å²) in [4.78, 5) is 13.7. The van der Waals surface area contributed by atoms with Crippen molar-refractivity contribution in [2.24, 2.45) is 11.7 Å². The lowest BCUT2D eigenvalue weighted by Crippen LogP contribution is -2.45. The molecule has 17 heavy (non-hydrogen) atoms. The molecule has 0 bridgehead atoms. The molecule has 2 unspecified atom stereocenters. The van der Waals surface area contributed by atoms with Gasteiger partial charge in [-0.05, 0) is 12.3 Å². The molecule has 1 rings (SSSR count). The molecule has 1 saturated heterocycles. The van der Waals surface area contributed by atoms with Crippen molar-refractivity contribution in [2.75, 3.05) is 33.4 Å². The standard InChI is InChI=1S/C12H24N2O3/c1-9(2)7-17-10-4-5-14(6-10)12(15)11(13)8-16-3/h9-11H,4-8,13H2,1-3H3. The fourth-order valence-electron chi connectivity index (χ4n) is 1.88. The van der Waals surface area contributed by atoms with Crippen LogP contribution in [0.3, 0.4) is 0 Å². The van der Waals surface area contributed by atoms with Crippen molar-refractivity contribution in [3.63, 3.8) is 0 Å². The zero-order chi connectivity index (χ0) is 12.8. The molecule has 0 aromatic carbocycles. The van der Waals surface area contributed by atoms with Gasteiger partial charge in [0.25, 0.3) is 0 Å². The second-order valence-electron chi connectivity index (χ2n) is 4.98. The molecule has 0 saturated carbocycles. The van der Waals surface area contributed by atoms with Gasteiger partial charge in [-0.2, -0.15) is 0 Å². The number of nitrogens with two attached hydrogens (primary N) is 1. The summed E-state index contributed by atoms with van der Waals surface area (Å²) < 4.78 is 10.6. The summed E-state index contributed by atoms with van der Waals surface area (Å²) in [5, 5.41) is 0. The van der Waals surface area contributed by atoms with Crippen molar-refractivity contribution in [3.05, 3.63) is 0 Å². The van der Waals surface area contributed by atoms with E-state index in [4.69, 9.17) is 15.2 Å². The van der Waals surface area contributed by atoms with E-state index < -0.39 is 6.04 Å². The first-order chi connectivity index (χ1) is 8.04.